The van der Waals surface area contributed by atoms with Gasteiger partial charge in [0.2, 0.25) is 0 Å². The molecule has 0 saturated carbocycles. The van der Waals surface area contributed by atoms with E-state index in [0.29, 0.717) is 0 Å². The maximum atomic E-state index is 4.00. The van der Waals surface area contributed by atoms with Gasteiger partial charge < -0.3 is 5.48 Å². The van der Waals surface area contributed by atoms with Crippen LogP contribution >= 0.6 is 12.6 Å². The predicted molar refractivity (Wildman–Crippen MR) is 32.4 cm³/mol. The second-order valence-electron chi connectivity index (χ2n) is 1.08. The molecule has 0 aromatic heterocycles. The molecule has 0 atom stereocenters. The summed E-state index contributed by atoms with van der Waals surface area (Å²) >= 11 is 4.00. The van der Waals surface area contributed by atoms with Crippen LogP contribution in [0.1, 0.15) is 19.8 Å². The van der Waals surface area contributed by atoms with Crippen LogP contribution in [-0.4, -0.2) is 11.2 Å². The van der Waals surface area contributed by atoms with Crippen LogP contribution in [0.25, 0.3) is 0 Å². The van der Waals surface area contributed by atoms with Gasteiger partial charge in [0.15, 0.2) is 0 Å². The average molecular weight is 108 g/mol. The molecule has 0 bridgehead atoms. The van der Waals surface area contributed by atoms with Crippen LogP contribution in [0, 0.1) is 0 Å². The van der Waals surface area contributed by atoms with E-state index in [1.54, 1.807) is 0 Å². The van der Waals surface area contributed by atoms with E-state index in [2.05, 4.69) is 19.6 Å². The summed E-state index contributed by atoms with van der Waals surface area (Å²) in [6, 6.07) is 0. The van der Waals surface area contributed by atoms with Gasteiger partial charge in [0.1, 0.15) is 0 Å². The van der Waals surface area contributed by atoms with Crippen molar-refractivity contribution in [2.45, 2.75) is 19.8 Å². The summed E-state index contributed by atoms with van der Waals surface area (Å²) in [4.78, 5) is 0. The topological polar surface area (TPSA) is 31.5 Å². The standard InChI is InChI=1S/C4H10S.H2O/c1-2-3-4-5;/h5H,2-4H2,1H3;1H2. The van der Waals surface area contributed by atoms with Gasteiger partial charge in [0.25, 0.3) is 0 Å². The van der Waals surface area contributed by atoms with Gasteiger partial charge >= 0.3 is 0 Å². The third-order valence-electron chi connectivity index (χ3n) is 0.512. The maximum Gasteiger partial charge on any atom is -0.00980 e. The number of hydrogen-bond donors (Lipinski definition) is 1. The minimum Gasteiger partial charge on any atom is -0.412 e. The molecule has 2 N–H and O–H groups in total. The van der Waals surface area contributed by atoms with Gasteiger partial charge in [-0.05, 0) is 12.2 Å². The predicted octanol–water partition coefficient (Wildman–Crippen LogP) is 0.892. The van der Waals surface area contributed by atoms with E-state index >= 15 is 0 Å². The van der Waals surface area contributed by atoms with Gasteiger partial charge in [-0.2, -0.15) is 12.6 Å². The van der Waals surface area contributed by atoms with E-state index in [0.717, 1.165) is 5.75 Å². The molecule has 0 unspecified atom stereocenters. The van der Waals surface area contributed by atoms with E-state index < -0.39 is 0 Å². The van der Waals surface area contributed by atoms with Crippen LogP contribution in [0.2, 0.25) is 0 Å². The second-order valence-corrected chi connectivity index (χ2v) is 1.52. The largest absolute Gasteiger partial charge is 0.412 e. The molecule has 0 aliphatic carbocycles. The fourth-order valence-electron chi connectivity index (χ4n) is 0.158. The fraction of sp³-hybridized carbons (Fsp3) is 1.00. The number of unbranched alkanes of at least 4 members (excludes halogenated alkanes) is 1. The number of rotatable bonds is 2. The monoisotopic (exact) mass is 108 g/mol. The first-order valence-corrected chi connectivity index (χ1v) is 2.66. The quantitative estimate of drug-likeness (QED) is 0.509. The van der Waals surface area contributed by atoms with Crippen molar-refractivity contribution in [3.8, 4) is 0 Å². The highest BCUT2D eigenvalue weighted by Gasteiger charge is 1.68. The van der Waals surface area contributed by atoms with Crippen LogP contribution in [0.5, 0.6) is 0 Å². The Bertz CT molecular complexity index is 15.0. The molecule has 1 nitrogen and oxygen atoms in total. The summed E-state index contributed by atoms with van der Waals surface area (Å²) in [5.74, 6) is 1.04. The van der Waals surface area contributed by atoms with Gasteiger partial charge in [0, 0.05) is 0 Å². The molecule has 0 aliphatic heterocycles. The van der Waals surface area contributed by atoms with Crippen molar-refractivity contribution in [1.82, 2.24) is 0 Å². The Kier molecular flexibility index (Phi) is 14.4. The Morgan fingerprint density at radius 1 is 1.50 bits per heavy atom. The smallest absolute Gasteiger partial charge is 0.00980 e. The highest BCUT2D eigenvalue weighted by Crippen LogP contribution is 1.85. The lowest BCUT2D eigenvalue weighted by molar-refractivity contribution is 0.824. The van der Waals surface area contributed by atoms with Crippen LogP contribution in [-0.2, 0) is 0 Å². The van der Waals surface area contributed by atoms with Gasteiger partial charge in [0.05, 0.1) is 0 Å². The molecule has 2 heteroatoms. The van der Waals surface area contributed by atoms with Crippen molar-refractivity contribution in [2.24, 2.45) is 0 Å². The molecule has 0 fully saturated rings. The SMILES string of the molecule is CCCCS.O. The minimum absolute atomic E-state index is 0. The van der Waals surface area contributed by atoms with E-state index in [4.69, 9.17) is 0 Å². The molecular formula is C4H12OS. The Morgan fingerprint density at radius 2 is 2.00 bits per heavy atom. The zero-order valence-corrected chi connectivity index (χ0v) is 4.96. The van der Waals surface area contributed by atoms with Gasteiger partial charge in [-0.3, -0.25) is 0 Å². The minimum atomic E-state index is 0. The zero-order chi connectivity index (χ0) is 4.12. The van der Waals surface area contributed by atoms with Gasteiger partial charge in [-0.1, -0.05) is 13.3 Å². The van der Waals surface area contributed by atoms with E-state index in [1.165, 1.54) is 12.8 Å². The van der Waals surface area contributed by atoms with Crippen molar-refractivity contribution in [3.05, 3.63) is 0 Å². The highest BCUT2D eigenvalue weighted by molar-refractivity contribution is 7.80. The third kappa shape index (κ3) is 8.85. The second kappa shape index (κ2) is 9.00. The summed E-state index contributed by atoms with van der Waals surface area (Å²) in [6.07, 6.45) is 2.52. The first-order chi connectivity index (χ1) is 2.41. The molecule has 0 heterocycles. The van der Waals surface area contributed by atoms with Crippen molar-refractivity contribution in [1.29, 1.82) is 0 Å². The average Bonchev–Trinajstić information content (AvgIpc) is 1.41. The van der Waals surface area contributed by atoms with Gasteiger partial charge in [-0.15, -0.1) is 0 Å². The van der Waals surface area contributed by atoms with Gasteiger partial charge in [-0.25, -0.2) is 0 Å². The van der Waals surface area contributed by atoms with Crippen LogP contribution in [0.4, 0.5) is 0 Å². The third-order valence-corrected chi connectivity index (χ3v) is 0.828. The molecule has 0 amide bonds. The molecule has 0 saturated heterocycles. The summed E-state index contributed by atoms with van der Waals surface area (Å²) in [6.45, 7) is 2.16. The van der Waals surface area contributed by atoms with Crippen LogP contribution in [0.3, 0.4) is 0 Å². The Labute approximate surface area is 44.5 Å². The maximum absolute atomic E-state index is 4.00. The summed E-state index contributed by atoms with van der Waals surface area (Å²) in [5.41, 5.74) is 0. The molecule has 0 aliphatic rings. The van der Waals surface area contributed by atoms with Crippen molar-refractivity contribution in [3.63, 3.8) is 0 Å². The van der Waals surface area contributed by atoms with Crippen LogP contribution in [0.15, 0.2) is 0 Å². The molecular weight excluding hydrogens is 96.1 g/mol. The molecule has 0 rings (SSSR count). The van der Waals surface area contributed by atoms with E-state index in [-0.39, 0.29) is 5.48 Å². The Hall–Kier alpha value is 0.310. The molecule has 0 radical (unpaired) electrons. The lowest BCUT2D eigenvalue weighted by atomic mass is 10.4. The molecule has 40 valence electrons. The lowest BCUT2D eigenvalue weighted by Crippen LogP contribution is -1.65. The molecule has 0 aromatic rings. The van der Waals surface area contributed by atoms with E-state index in [9.17, 15) is 0 Å². The summed E-state index contributed by atoms with van der Waals surface area (Å²) in [5, 5.41) is 0. The Morgan fingerprint density at radius 3 is 2.00 bits per heavy atom. The van der Waals surface area contributed by atoms with Crippen LogP contribution < -0.4 is 0 Å². The normalized spacial score (nSPS) is 7.00. The highest BCUT2D eigenvalue weighted by atomic mass is 32.1. The summed E-state index contributed by atoms with van der Waals surface area (Å²) < 4.78 is 0. The molecule has 0 aromatic carbocycles. The van der Waals surface area contributed by atoms with E-state index in [1.807, 2.05) is 0 Å². The molecule has 6 heavy (non-hydrogen) atoms. The van der Waals surface area contributed by atoms with Crippen molar-refractivity contribution >= 4 is 12.6 Å². The summed E-state index contributed by atoms with van der Waals surface area (Å²) in [7, 11) is 0. The Balaban J connectivity index is 0. The lowest BCUT2D eigenvalue weighted by Gasteiger charge is -1.78. The first kappa shape index (κ1) is 9.58. The zero-order valence-electron chi connectivity index (χ0n) is 4.07. The molecule has 0 spiro atoms. The fourth-order valence-corrected chi connectivity index (χ4v) is 0.474. The number of hydrogen-bond acceptors (Lipinski definition) is 1. The van der Waals surface area contributed by atoms with Crippen molar-refractivity contribution < 1.29 is 5.48 Å². The number of thiol groups is 1. The van der Waals surface area contributed by atoms with Crippen molar-refractivity contribution in [2.75, 3.05) is 5.75 Å². The first-order valence-electron chi connectivity index (χ1n) is 2.02.